The predicted molar refractivity (Wildman–Crippen MR) is 83.4 cm³/mol. The minimum absolute atomic E-state index is 0.0309. The summed E-state index contributed by atoms with van der Waals surface area (Å²) in [4.78, 5) is 23.5. The number of alkyl halides is 2. The molecule has 0 radical (unpaired) electrons. The molecule has 0 spiro atoms. The second kappa shape index (κ2) is 8.39. The second-order valence-electron chi connectivity index (χ2n) is 4.65. The van der Waals surface area contributed by atoms with E-state index in [1.165, 1.54) is 24.3 Å². The first kappa shape index (κ1) is 18.6. The van der Waals surface area contributed by atoms with Gasteiger partial charge in [-0.2, -0.15) is 8.78 Å². The predicted octanol–water partition coefficient (Wildman–Crippen LogP) is 3.88. The van der Waals surface area contributed by atoms with Gasteiger partial charge in [-0.1, -0.05) is 11.6 Å². The largest absolute Gasteiger partial charge is 0.452 e. The van der Waals surface area contributed by atoms with E-state index in [4.69, 9.17) is 16.3 Å². The Morgan fingerprint density at radius 1 is 1.12 bits per heavy atom. The first-order chi connectivity index (χ1) is 11.8. The fourth-order valence-electron chi connectivity index (χ4n) is 1.77. The molecule has 0 aliphatic rings. The van der Waals surface area contributed by atoms with Crippen LogP contribution in [-0.2, 0) is 9.53 Å². The smallest absolute Gasteiger partial charge is 0.387 e. The zero-order valence-corrected chi connectivity index (χ0v) is 13.2. The average Bonchev–Trinajstić information content (AvgIpc) is 2.56. The van der Waals surface area contributed by atoms with Gasteiger partial charge in [-0.15, -0.1) is 0 Å². The molecule has 0 saturated heterocycles. The van der Waals surface area contributed by atoms with Gasteiger partial charge in [0.15, 0.2) is 6.61 Å². The van der Waals surface area contributed by atoms with Gasteiger partial charge < -0.3 is 14.8 Å². The van der Waals surface area contributed by atoms with Crippen molar-refractivity contribution in [2.45, 2.75) is 6.61 Å². The Morgan fingerprint density at radius 2 is 1.80 bits per heavy atom. The van der Waals surface area contributed by atoms with Gasteiger partial charge in [0.05, 0.1) is 11.3 Å². The summed E-state index contributed by atoms with van der Waals surface area (Å²) in [5.41, 5.74) is -0.120. The maximum Gasteiger partial charge on any atom is 0.387 e. The Bertz CT molecular complexity index is 768. The maximum absolute atomic E-state index is 13.5. The third-order valence-corrected chi connectivity index (χ3v) is 3.09. The van der Waals surface area contributed by atoms with E-state index in [0.717, 1.165) is 18.2 Å². The lowest BCUT2D eigenvalue weighted by Crippen LogP contribution is -2.21. The lowest BCUT2D eigenvalue weighted by Gasteiger charge is -2.08. The average molecular weight is 374 g/mol. The van der Waals surface area contributed by atoms with Crippen molar-refractivity contribution >= 4 is 29.2 Å². The molecule has 0 fully saturated rings. The molecule has 0 bridgehead atoms. The van der Waals surface area contributed by atoms with E-state index < -0.39 is 30.9 Å². The van der Waals surface area contributed by atoms with Crippen LogP contribution in [0, 0.1) is 5.82 Å². The van der Waals surface area contributed by atoms with Crippen molar-refractivity contribution < 1.29 is 32.2 Å². The van der Waals surface area contributed by atoms with Gasteiger partial charge in [0, 0.05) is 5.02 Å². The minimum atomic E-state index is -2.98. The van der Waals surface area contributed by atoms with E-state index in [1.54, 1.807) is 0 Å². The Kier molecular flexibility index (Phi) is 6.24. The lowest BCUT2D eigenvalue weighted by molar-refractivity contribution is -0.119. The zero-order chi connectivity index (χ0) is 18.4. The van der Waals surface area contributed by atoms with E-state index in [-0.39, 0.29) is 22.0 Å². The van der Waals surface area contributed by atoms with Crippen LogP contribution in [0.1, 0.15) is 10.4 Å². The molecule has 0 aromatic heterocycles. The third-order valence-electron chi connectivity index (χ3n) is 2.85. The number of esters is 1. The van der Waals surface area contributed by atoms with Crippen LogP contribution >= 0.6 is 11.6 Å². The maximum atomic E-state index is 13.5. The summed E-state index contributed by atoms with van der Waals surface area (Å²) in [6.07, 6.45) is 0. The van der Waals surface area contributed by atoms with Crippen molar-refractivity contribution in [1.82, 2.24) is 0 Å². The summed E-state index contributed by atoms with van der Waals surface area (Å²) in [6.45, 7) is -3.64. The van der Waals surface area contributed by atoms with E-state index >= 15 is 0 Å². The van der Waals surface area contributed by atoms with Gasteiger partial charge in [-0.25, -0.2) is 9.18 Å². The van der Waals surface area contributed by atoms with Crippen molar-refractivity contribution in [1.29, 1.82) is 0 Å². The van der Waals surface area contributed by atoms with Gasteiger partial charge in [-0.3, -0.25) is 4.79 Å². The molecule has 132 valence electrons. The first-order valence-corrected chi connectivity index (χ1v) is 7.20. The third kappa shape index (κ3) is 5.68. The zero-order valence-electron chi connectivity index (χ0n) is 12.5. The van der Waals surface area contributed by atoms with Crippen LogP contribution < -0.4 is 10.1 Å². The molecule has 0 saturated carbocycles. The van der Waals surface area contributed by atoms with E-state index in [2.05, 4.69) is 10.1 Å². The number of ether oxygens (including phenoxy) is 2. The van der Waals surface area contributed by atoms with Gasteiger partial charge in [-0.05, 0) is 42.5 Å². The van der Waals surface area contributed by atoms with Crippen molar-refractivity contribution in [2.24, 2.45) is 0 Å². The summed E-state index contributed by atoms with van der Waals surface area (Å²) in [7, 11) is 0. The van der Waals surface area contributed by atoms with Crippen LogP contribution in [0.2, 0.25) is 5.02 Å². The van der Waals surface area contributed by atoms with Crippen molar-refractivity contribution in [3.8, 4) is 5.75 Å². The van der Waals surface area contributed by atoms with E-state index in [0.29, 0.717) is 0 Å². The summed E-state index contributed by atoms with van der Waals surface area (Å²) >= 11 is 5.69. The number of anilines is 1. The number of nitrogens with one attached hydrogen (secondary N) is 1. The highest BCUT2D eigenvalue weighted by atomic mass is 35.5. The summed E-state index contributed by atoms with van der Waals surface area (Å²) in [6, 6.07) is 8.32. The molecule has 2 rings (SSSR count). The number of carbonyl (C=O) groups excluding carboxylic acids is 2. The summed E-state index contributed by atoms with van der Waals surface area (Å²) in [5, 5.41) is 2.43. The molecule has 1 amide bonds. The number of rotatable bonds is 6. The molecule has 2 aromatic carbocycles. The fourth-order valence-corrected chi connectivity index (χ4v) is 1.94. The lowest BCUT2D eigenvalue weighted by atomic mass is 10.2. The Morgan fingerprint density at radius 3 is 2.44 bits per heavy atom. The van der Waals surface area contributed by atoms with Gasteiger partial charge in [0.2, 0.25) is 0 Å². The molecular weight excluding hydrogens is 363 g/mol. The number of benzene rings is 2. The Hall–Kier alpha value is -2.74. The fraction of sp³-hybridized carbons (Fsp3) is 0.125. The molecule has 25 heavy (non-hydrogen) atoms. The highest BCUT2D eigenvalue weighted by molar-refractivity contribution is 6.30. The molecule has 0 heterocycles. The molecule has 1 N–H and O–H groups in total. The molecule has 0 aliphatic heterocycles. The number of halogens is 4. The Balaban J connectivity index is 1.88. The number of hydrogen-bond acceptors (Lipinski definition) is 4. The summed E-state index contributed by atoms with van der Waals surface area (Å²) < 4.78 is 46.4. The SMILES string of the molecule is O=C(COC(=O)c1ccc(OC(F)F)cc1)Nc1cc(Cl)ccc1F. The van der Waals surface area contributed by atoms with Crippen molar-refractivity contribution in [3.05, 3.63) is 58.9 Å². The molecular formula is C16H11ClF3NO4. The van der Waals surface area contributed by atoms with Crippen LogP contribution in [0.4, 0.5) is 18.9 Å². The topological polar surface area (TPSA) is 64.6 Å². The van der Waals surface area contributed by atoms with Crippen molar-refractivity contribution in [3.63, 3.8) is 0 Å². The van der Waals surface area contributed by atoms with Gasteiger partial charge >= 0.3 is 12.6 Å². The monoisotopic (exact) mass is 373 g/mol. The number of hydrogen-bond donors (Lipinski definition) is 1. The normalized spacial score (nSPS) is 10.4. The number of carbonyl (C=O) groups is 2. The van der Waals surface area contributed by atoms with Crippen LogP contribution in [0.3, 0.4) is 0 Å². The first-order valence-electron chi connectivity index (χ1n) is 6.82. The molecule has 0 aliphatic carbocycles. The molecule has 9 heteroatoms. The molecule has 5 nitrogen and oxygen atoms in total. The van der Waals surface area contributed by atoms with Crippen LogP contribution in [0.5, 0.6) is 5.75 Å². The van der Waals surface area contributed by atoms with Crippen LogP contribution in [0.15, 0.2) is 42.5 Å². The standard InChI is InChI=1S/C16H11ClF3NO4/c17-10-3-6-12(18)13(7-10)21-14(22)8-24-15(23)9-1-4-11(5-2-9)25-16(19)20/h1-7,16H,8H2,(H,21,22). The highest BCUT2D eigenvalue weighted by Gasteiger charge is 2.13. The summed E-state index contributed by atoms with van der Waals surface area (Å²) in [5.74, 6) is -2.45. The van der Waals surface area contributed by atoms with Crippen molar-refractivity contribution in [2.75, 3.05) is 11.9 Å². The quantitative estimate of drug-likeness (QED) is 0.780. The molecule has 0 atom stereocenters. The molecule has 0 unspecified atom stereocenters. The van der Waals surface area contributed by atoms with Crippen LogP contribution in [-0.4, -0.2) is 25.1 Å². The van der Waals surface area contributed by atoms with E-state index in [1.807, 2.05) is 0 Å². The van der Waals surface area contributed by atoms with Gasteiger partial charge in [0.1, 0.15) is 11.6 Å². The molecule has 2 aromatic rings. The minimum Gasteiger partial charge on any atom is -0.452 e. The number of amides is 1. The highest BCUT2D eigenvalue weighted by Crippen LogP contribution is 2.19. The Labute approximate surface area is 145 Å². The van der Waals surface area contributed by atoms with Crippen LogP contribution in [0.25, 0.3) is 0 Å². The second-order valence-corrected chi connectivity index (χ2v) is 5.09. The van der Waals surface area contributed by atoms with Gasteiger partial charge in [0.25, 0.3) is 5.91 Å². The van der Waals surface area contributed by atoms with E-state index in [9.17, 15) is 22.8 Å².